The van der Waals surface area contributed by atoms with Crippen molar-refractivity contribution in [3.63, 3.8) is 0 Å². The van der Waals surface area contributed by atoms with Gasteiger partial charge in [-0.05, 0) is 113 Å². The highest BCUT2D eigenvalue weighted by atomic mass is 32.1. The smallest absolute Gasteiger partial charge is 0.0944 e. The SMILES string of the molecule is C=C/C=C(\C=C(/C)C#N)n1c2ccc(-c3cccc(-c4ccc5c(c4)c4ccccc4n5-c4ccccc4)c3)cc2c2ccc(-c3cccc4c3sc3ccccc34)cc21. The number of para-hydroxylation sites is 2. The number of hydrogen-bond acceptors (Lipinski definition) is 2. The van der Waals surface area contributed by atoms with Gasteiger partial charge in [-0.25, -0.2) is 0 Å². The van der Waals surface area contributed by atoms with Gasteiger partial charge in [-0.15, -0.1) is 11.3 Å². The fourth-order valence-electron chi connectivity index (χ4n) is 9.07. The number of hydrogen-bond donors (Lipinski definition) is 0. The van der Waals surface area contributed by atoms with E-state index in [1.165, 1.54) is 58.7 Å². The van der Waals surface area contributed by atoms with Crippen molar-refractivity contribution >= 4 is 80.8 Å². The van der Waals surface area contributed by atoms with Crippen LogP contribution in [0, 0.1) is 11.3 Å². The fraction of sp³-hybridized carbons (Fsp3) is 0.0179. The Balaban J connectivity index is 1.07. The summed E-state index contributed by atoms with van der Waals surface area (Å²) in [6.07, 6.45) is 5.74. The maximum atomic E-state index is 9.86. The van der Waals surface area contributed by atoms with Crippen molar-refractivity contribution in [3.05, 3.63) is 206 Å². The number of allylic oxidation sites excluding steroid dienone is 5. The van der Waals surface area contributed by atoms with Crippen molar-refractivity contribution < 1.29 is 0 Å². The highest BCUT2D eigenvalue weighted by molar-refractivity contribution is 7.26. The van der Waals surface area contributed by atoms with Crippen LogP contribution in [0.25, 0.3) is 109 Å². The van der Waals surface area contributed by atoms with E-state index in [-0.39, 0.29) is 0 Å². The summed E-state index contributed by atoms with van der Waals surface area (Å²) in [5.41, 5.74) is 14.2. The second kappa shape index (κ2) is 14.3. The maximum Gasteiger partial charge on any atom is 0.0944 e. The molecule has 0 N–H and O–H groups in total. The monoisotopic (exact) mass is 783 g/mol. The van der Waals surface area contributed by atoms with Crippen molar-refractivity contribution in [2.24, 2.45) is 0 Å². The van der Waals surface area contributed by atoms with E-state index in [4.69, 9.17) is 0 Å². The van der Waals surface area contributed by atoms with Gasteiger partial charge in [-0.1, -0.05) is 128 Å². The first-order chi connectivity index (χ1) is 29.6. The standard InChI is InChI=1S/C56H37N3S/c1-3-13-43(30-36(2)35-57)59-53-29-26-40(33-50(53)46-27-24-41(34-54(46)59)44-20-12-21-48-47-19-8-10-23-55(47)60-56(44)48)38-15-11-14-37(31-38)39-25-28-52-49(32-39)45-18-7-9-22-51(45)58(52)42-16-5-4-6-17-42/h3-34H,1H2,2H3/b36-30+,43-13+. The number of benzene rings is 8. The summed E-state index contributed by atoms with van der Waals surface area (Å²) in [7, 11) is 0. The molecule has 0 radical (unpaired) electrons. The summed E-state index contributed by atoms with van der Waals surface area (Å²) >= 11 is 1.85. The molecule has 0 spiro atoms. The zero-order chi connectivity index (χ0) is 40.3. The lowest BCUT2D eigenvalue weighted by molar-refractivity contribution is 1.18. The number of fused-ring (bicyclic) bond motifs is 9. The number of nitriles is 1. The molecule has 282 valence electrons. The quantitative estimate of drug-likeness (QED) is 0.117. The van der Waals surface area contributed by atoms with Gasteiger partial charge >= 0.3 is 0 Å². The van der Waals surface area contributed by atoms with Gasteiger partial charge in [-0.2, -0.15) is 5.26 Å². The van der Waals surface area contributed by atoms with E-state index in [2.05, 4.69) is 198 Å². The predicted octanol–water partition coefficient (Wildman–Crippen LogP) is 15.8. The second-order valence-electron chi connectivity index (χ2n) is 15.3. The van der Waals surface area contributed by atoms with Gasteiger partial charge in [0, 0.05) is 58.7 Å². The minimum absolute atomic E-state index is 0.626. The molecule has 0 amide bonds. The highest BCUT2D eigenvalue weighted by Gasteiger charge is 2.18. The van der Waals surface area contributed by atoms with Crippen LogP contribution in [0.5, 0.6) is 0 Å². The Labute approximate surface area is 351 Å². The van der Waals surface area contributed by atoms with Crippen LogP contribution < -0.4 is 0 Å². The largest absolute Gasteiger partial charge is 0.309 e. The molecule has 60 heavy (non-hydrogen) atoms. The first-order valence-electron chi connectivity index (χ1n) is 20.2. The van der Waals surface area contributed by atoms with Gasteiger partial charge in [-0.3, -0.25) is 0 Å². The van der Waals surface area contributed by atoms with E-state index in [1.54, 1.807) is 6.08 Å². The molecule has 4 heteroatoms. The third kappa shape index (κ3) is 5.71. The second-order valence-corrected chi connectivity index (χ2v) is 16.4. The van der Waals surface area contributed by atoms with Gasteiger partial charge in [0.25, 0.3) is 0 Å². The summed E-state index contributed by atoms with van der Waals surface area (Å²) in [4.78, 5) is 0. The fourth-order valence-corrected chi connectivity index (χ4v) is 10.3. The average molecular weight is 784 g/mol. The molecule has 0 saturated carbocycles. The predicted molar refractivity (Wildman–Crippen MR) is 257 cm³/mol. The zero-order valence-electron chi connectivity index (χ0n) is 32.9. The summed E-state index contributed by atoms with van der Waals surface area (Å²) in [6.45, 7) is 5.91. The Hall–Kier alpha value is -7.71. The third-order valence-electron chi connectivity index (χ3n) is 11.8. The molecule has 8 aromatic carbocycles. The molecule has 0 aliphatic heterocycles. The van der Waals surface area contributed by atoms with E-state index in [0.29, 0.717) is 5.57 Å². The molecule has 3 nitrogen and oxygen atoms in total. The zero-order valence-corrected chi connectivity index (χ0v) is 33.7. The Morgan fingerprint density at radius 2 is 1.15 bits per heavy atom. The van der Waals surface area contributed by atoms with Crippen molar-refractivity contribution in [2.75, 3.05) is 0 Å². The molecular weight excluding hydrogens is 747 g/mol. The topological polar surface area (TPSA) is 33.6 Å². The van der Waals surface area contributed by atoms with Crippen LogP contribution in [0.3, 0.4) is 0 Å². The minimum atomic E-state index is 0.626. The number of rotatable bonds is 7. The average Bonchev–Trinajstić information content (AvgIpc) is 3.96. The van der Waals surface area contributed by atoms with Gasteiger partial charge in [0.2, 0.25) is 0 Å². The first kappa shape index (κ1) is 35.5. The molecule has 0 aliphatic carbocycles. The highest BCUT2D eigenvalue weighted by Crippen LogP contribution is 2.43. The number of nitrogens with zero attached hydrogens (tertiary/aromatic N) is 3. The molecule has 0 fully saturated rings. The minimum Gasteiger partial charge on any atom is -0.309 e. The van der Waals surface area contributed by atoms with Crippen molar-refractivity contribution in [3.8, 4) is 45.1 Å². The van der Waals surface area contributed by atoms with Crippen LogP contribution in [0.15, 0.2) is 206 Å². The van der Waals surface area contributed by atoms with Gasteiger partial charge in [0.1, 0.15) is 0 Å². The molecule has 11 aromatic rings. The van der Waals surface area contributed by atoms with Crippen LogP contribution in [0.1, 0.15) is 6.92 Å². The Morgan fingerprint density at radius 3 is 1.93 bits per heavy atom. The lowest BCUT2D eigenvalue weighted by Gasteiger charge is -2.11. The molecule has 0 bridgehead atoms. The van der Waals surface area contributed by atoms with E-state index in [0.717, 1.165) is 49.9 Å². The van der Waals surface area contributed by atoms with E-state index in [9.17, 15) is 5.26 Å². The van der Waals surface area contributed by atoms with Crippen LogP contribution in [-0.4, -0.2) is 9.13 Å². The number of thiophene rings is 1. The van der Waals surface area contributed by atoms with Crippen LogP contribution >= 0.6 is 11.3 Å². The Kier molecular flexibility index (Phi) is 8.44. The third-order valence-corrected chi connectivity index (χ3v) is 13.0. The van der Waals surface area contributed by atoms with Crippen molar-refractivity contribution in [2.45, 2.75) is 6.92 Å². The molecule has 3 aromatic heterocycles. The lowest BCUT2D eigenvalue weighted by Crippen LogP contribution is -1.96. The van der Waals surface area contributed by atoms with E-state index >= 15 is 0 Å². The van der Waals surface area contributed by atoms with Crippen LogP contribution in [0.2, 0.25) is 0 Å². The normalized spacial score (nSPS) is 12.3. The Bertz CT molecular complexity index is 3640. The summed E-state index contributed by atoms with van der Waals surface area (Å²) in [5, 5.41) is 17.2. The molecule has 0 unspecified atom stereocenters. The maximum absolute atomic E-state index is 9.86. The van der Waals surface area contributed by atoms with E-state index in [1.807, 2.05) is 30.4 Å². The van der Waals surface area contributed by atoms with Gasteiger partial charge in [0.05, 0.1) is 28.1 Å². The van der Waals surface area contributed by atoms with Gasteiger partial charge < -0.3 is 9.13 Å². The van der Waals surface area contributed by atoms with Gasteiger partial charge in [0.15, 0.2) is 0 Å². The van der Waals surface area contributed by atoms with Crippen molar-refractivity contribution in [1.82, 2.24) is 9.13 Å². The summed E-state index contributed by atoms with van der Waals surface area (Å²) in [5.74, 6) is 0. The molecule has 0 saturated heterocycles. The number of aromatic nitrogens is 2. The molecular formula is C56H37N3S. The lowest BCUT2D eigenvalue weighted by atomic mass is 9.96. The van der Waals surface area contributed by atoms with E-state index < -0.39 is 0 Å². The molecule has 11 rings (SSSR count). The Morgan fingerprint density at radius 1 is 0.533 bits per heavy atom. The first-order valence-corrected chi connectivity index (χ1v) is 21.0. The summed E-state index contributed by atoms with van der Waals surface area (Å²) in [6, 6.07) is 66.2. The van der Waals surface area contributed by atoms with Crippen LogP contribution in [0.4, 0.5) is 0 Å². The molecule has 0 atom stereocenters. The van der Waals surface area contributed by atoms with Crippen molar-refractivity contribution in [1.29, 1.82) is 5.26 Å². The molecule has 0 aliphatic rings. The summed E-state index contributed by atoms with van der Waals surface area (Å²) < 4.78 is 7.21. The molecule has 3 heterocycles. The van der Waals surface area contributed by atoms with Crippen LogP contribution in [-0.2, 0) is 0 Å².